The summed E-state index contributed by atoms with van der Waals surface area (Å²) in [6.45, 7) is 0. The predicted octanol–water partition coefficient (Wildman–Crippen LogP) is 5.56. The lowest BCUT2D eigenvalue weighted by Gasteiger charge is -2.17. The van der Waals surface area contributed by atoms with Crippen LogP contribution in [0, 0.1) is 0 Å². The van der Waals surface area contributed by atoms with E-state index in [9.17, 15) is 5.11 Å². The minimum atomic E-state index is -0.168. The fraction of sp³-hybridized carbons (Fsp3) is 0.0667. The highest BCUT2D eigenvalue weighted by molar-refractivity contribution is 7.16. The number of furan rings is 1. The Labute approximate surface area is 135 Å². The standard InChI is InChI=1S/C15H11Cl2NO2S/c16-10-8-9(3-4-11(10)19)18-15(12-2-1-7-20-12)13-5-6-14(17)21-13/h1-8,15,18-19H. The highest BCUT2D eigenvalue weighted by Crippen LogP contribution is 2.35. The van der Waals surface area contributed by atoms with Gasteiger partial charge in [0.2, 0.25) is 0 Å². The first-order valence-corrected chi connectivity index (χ1v) is 7.74. The lowest BCUT2D eigenvalue weighted by molar-refractivity contribution is 0.475. The maximum Gasteiger partial charge on any atom is 0.134 e. The van der Waals surface area contributed by atoms with E-state index in [1.165, 1.54) is 11.3 Å². The van der Waals surface area contributed by atoms with Crippen molar-refractivity contribution >= 4 is 40.2 Å². The minimum Gasteiger partial charge on any atom is -0.506 e. The second-order valence-electron chi connectivity index (χ2n) is 4.40. The van der Waals surface area contributed by atoms with Gasteiger partial charge in [-0.15, -0.1) is 11.3 Å². The van der Waals surface area contributed by atoms with Crippen LogP contribution in [0.15, 0.2) is 53.1 Å². The molecule has 0 radical (unpaired) electrons. The smallest absolute Gasteiger partial charge is 0.134 e. The highest BCUT2D eigenvalue weighted by atomic mass is 35.5. The average molecular weight is 340 g/mol. The van der Waals surface area contributed by atoms with Crippen LogP contribution < -0.4 is 5.32 Å². The molecule has 1 unspecified atom stereocenters. The maximum absolute atomic E-state index is 9.49. The molecular weight excluding hydrogens is 329 g/mol. The topological polar surface area (TPSA) is 45.4 Å². The van der Waals surface area contributed by atoms with Crippen molar-refractivity contribution in [3.63, 3.8) is 0 Å². The molecule has 0 aliphatic carbocycles. The Hall–Kier alpha value is -1.62. The molecule has 0 bridgehead atoms. The van der Waals surface area contributed by atoms with Gasteiger partial charge in [-0.05, 0) is 42.5 Å². The summed E-state index contributed by atoms with van der Waals surface area (Å²) in [5.41, 5.74) is 0.781. The van der Waals surface area contributed by atoms with Crippen molar-refractivity contribution in [2.24, 2.45) is 0 Å². The van der Waals surface area contributed by atoms with Gasteiger partial charge in [0.05, 0.1) is 15.6 Å². The van der Waals surface area contributed by atoms with Crippen LogP contribution in [0.5, 0.6) is 5.75 Å². The Balaban J connectivity index is 1.94. The van der Waals surface area contributed by atoms with Gasteiger partial charge in [-0.2, -0.15) is 0 Å². The van der Waals surface area contributed by atoms with E-state index in [0.717, 1.165) is 16.3 Å². The van der Waals surface area contributed by atoms with Crippen molar-refractivity contribution in [3.8, 4) is 5.75 Å². The van der Waals surface area contributed by atoms with E-state index >= 15 is 0 Å². The van der Waals surface area contributed by atoms with Crippen LogP contribution in [0.3, 0.4) is 0 Å². The molecule has 2 aromatic heterocycles. The van der Waals surface area contributed by atoms with E-state index in [4.69, 9.17) is 27.6 Å². The van der Waals surface area contributed by atoms with Crippen molar-refractivity contribution in [1.82, 2.24) is 0 Å². The van der Waals surface area contributed by atoms with Gasteiger partial charge in [-0.1, -0.05) is 23.2 Å². The number of hydrogen-bond acceptors (Lipinski definition) is 4. The Morgan fingerprint density at radius 2 is 2.00 bits per heavy atom. The Bertz CT molecular complexity index is 740. The molecule has 0 saturated heterocycles. The molecule has 0 amide bonds. The molecule has 1 atom stereocenters. The number of benzene rings is 1. The molecule has 0 spiro atoms. The van der Waals surface area contributed by atoms with Crippen molar-refractivity contribution in [1.29, 1.82) is 0 Å². The molecule has 108 valence electrons. The maximum atomic E-state index is 9.49. The lowest BCUT2D eigenvalue weighted by Crippen LogP contribution is -2.10. The SMILES string of the molecule is Oc1ccc(NC(c2ccco2)c2ccc(Cl)s2)cc1Cl. The monoisotopic (exact) mass is 339 g/mol. The number of halogens is 2. The largest absolute Gasteiger partial charge is 0.506 e. The number of aromatic hydroxyl groups is 1. The van der Waals surface area contributed by atoms with Gasteiger partial charge in [0.25, 0.3) is 0 Å². The zero-order valence-corrected chi connectivity index (χ0v) is 13.0. The summed E-state index contributed by atoms with van der Waals surface area (Å²) in [6, 6.07) is 12.3. The van der Waals surface area contributed by atoms with Crippen LogP contribution in [-0.4, -0.2) is 5.11 Å². The van der Waals surface area contributed by atoms with Gasteiger partial charge < -0.3 is 14.8 Å². The summed E-state index contributed by atoms with van der Waals surface area (Å²) in [4.78, 5) is 1.03. The quantitative estimate of drug-likeness (QED) is 0.612. The predicted molar refractivity (Wildman–Crippen MR) is 86.6 cm³/mol. The molecule has 3 nitrogen and oxygen atoms in total. The van der Waals surface area contributed by atoms with E-state index in [-0.39, 0.29) is 11.8 Å². The summed E-state index contributed by atoms with van der Waals surface area (Å²) >= 11 is 13.4. The molecule has 0 aliphatic heterocycles. The zero-order chi connectivity index (χ0) is 14.8. The van der Waals surface area contributed by atoms with Gasteiger partial charge in [-0.25, -0.2) is 0 Å². The Kier molecular flexibility index (Phi) is 4.10. The highest BCUT2D eigenvalue weighted by Gasteiger charge is 2.19. The van der Waals surface area contributed by atoms with Gasteiger partial charge in [-0.3, -0.25) is 0 Å². The number of rotatable bonds is 4. The first kappa shape index (κ1) is 14.3. The van der Waals surface area contributed by atoms with Crippen molar-refractivity contribution in [2.75, 3.05) is 5.32 Å². The molecule has 2 heterocycles. The fourth-order valence-electron chi connectivity index (χ4n) is 1.98. The summed E-state index contributed by atoms with van der Waals surface area (Å²) in [7, 11) is 0. The molecule has 2 N–H and O–H groups in total. The molecule has 6 heteroatoms. The van der Waals surface area contributed by atoms with Crippen molar-refractivity contribution in [3.05, 3.63) is 68.7 Å². The van der Waals surface area contributed by atoms with Crippen LogP contribution >= 0.6 is 34.5 Å². The van der Waals surface area contributed by atoms with Crippen molar-refractivity contribution < 1.29 is 9.52 Å². The van der Waals surface area contributed by atoms with E-state index in [1.807, 2.05) is 24.3 Å². The van der Waals surface area contributed by atoms with Crippen LogP contribution in [0.2, 0.25) is 9.36 Å². The van der Waals surface area contributed by atoms with Crippen LogP contribution in [-0.2, 0) is 0 Å². The molecule has 1 aromatic carbocycles. The van der Waals surface area contributed by atoms with E-state index in [1.54, 1.807) is 24.5 Å². The number of anilines is 1. The number of phenolic OH excluding ortho intramolecular Hbond substituents is 1. The van der Waals surface area contributed by atoms with E-state index in [0.29, 0.717) is 9.36 Å². The molecule has 3 rings (SSSR count). The average Bonchev–Trinajstić information content (AvgIpc) is 3.11. The van der Waals surface area contributed by atoms with Crippen molar-refractivity contribution in [2.45, 2.75) is 6.04 Å². The zero-order valence-electron chi connectivity index (χ0n) is 10.7. The summed E-state index contributed by atoms with van der Waals surface area (Å²) in [5.74, 6) is 0.827. The summed E-state index contributed by atoms with van der Waals surface area (Å²) in [5, 5.41) is 13.1. The normalized spacial score (nSPS) is 12.3. The number of phenols is 1. The van der Waals surface area contributed by atoms with Crippen LogP contribution in [0.25, 0.3) is 0 Å². The summed E-state index contributed by atoms with van der Waals surface area (Å²) in [6.07, 6.45) is 1.63. The van der Waals surface area contributed by atoms with Crippen LogP contribution in [0.4, 0.5) is 5.69 Å². The third-order valence-electron chi connectivity index (χ3n) is 2.96. The molecule has 0 aliphatic rings. The fourth-order valence-corrected chi connectivity index (χ4v) is 3.29. The molecule has 0 saturated carbocycles. The van der Waals surface area contributed by atoms with Gasteiger partial charge in [0.1, 0.15) is 17.6 Å². The minimum absolute atomic E-state index is 0.0518. The third-order valence-corrected chi connectivity index (χ3v) is 4.56. The second kappa shape index (κ2) is 6.02. The van der Waals surface area contributed by atoms with Gasteiger partial charge in [0.15, 0.2) is 0 Å². The Morgan fingerprint density at radius 1 is 1.14 bits per heavy atom. The number of hydrogen-bond donors (Lipinski definition) is 2. The van der Waals surface area contributed by atoms with E-state index in [2.05, 4.69) is 5.32 Å². The lowest BCUT2D eigenvalue weighted by atomic mass is 10.1. The van der Waals surface area contributed by atoms with Gasteiger partial charge in [0, 0.05) is 10.6 Å². The second-order valence-corrected chi connectivity index (χ2v) is 6.55. The van der Waals surface area contributed by atoms with Crippen LogP contribution in [0.1, 0.15) is 16.7 Å². The Morgan fingerprint density at radius 3 is 2.62 bits per heavy atom. The first-order valence-electron chi connectivity index (χ1n) is 6.17. The molecule has 0 fully saturated rings. The first-order chi connectivity index (χ1) is 10.1. The molecule has 21 heavy (non-hydrogen) atoms. The number of thiophene rings is 1. The molecule has 3 aromatic rings. The van der Waals surface area contributed by atoms with E-state index < -0.39 is 0 Å². The molecular formula is C15H11Cl2NO2S. The summed E-state index contributed by atoms with van der Waals surface area (Å²) < 4.78 is 6.22. The van der Waals surface area contributed by atoms with Gasteiger partial charge >= 0.3 is 0 Å². The number of nitrogens with one attached hydrogen (secondary N) is 1. The third kappa shape index (κ3) is 3.18.